The van der Waals surface area contributed by atoms with Crippen molar-refractivity contribution in [3.05, 3.63) is 105 Å². The van der Waals surface area contributed by atoms with E-state index < -0.39 is 12.0 Å². The molecule has 6 nitrogen and oxygen atoms in total. The zero-order valence-electron chi connectivity index (χ0n) is 22.1. The summed E-state index contributed by atoms with van der Waals surface area (Å²) in [6.45, 7) is 15.0. The molecule has 36 heavy (non-hydrogen) atoms. The lowest BCUT2D eigenvalue weighted by Gasteiger charge is -2.20. The average molecular weight is 490 g/mol. The maximum Gasteiger partial charge on any atom is 0.337 e. The van der Waals surface area contributed by atoms with E-state index in [9.17, 15) is 14.7 Å². The lowest BCUT2D eigenvalue weighted by molar-refractivity contribution is -0.132. The van der Waals surface area contributed by atoms with Gasteiger partial charge in [-0.15, -0.1) is 0 Å². The fraction of sp³-hybridized carbons (Fsp3) is 0.267. The van der Waals surface area contributed by atoms with Gasteiger partial charge >= 0.3 is 5.97 Å². The number of allylic oxidation sites excluding steroid dienone is 3. The highest BCUT2D eigenvalue weighted by Crippen LogP contribution is 2.31. The normalized spacial score (nSPS) is 12.4. The number of ether oxygens (including phenoxy) is 1. The van der Waals surface area contributed by atoms with E-state index in [1.54, 1.807) is 26.0 Å². The van der Waals surface area contributed by atoms with Crippen LogP contribution in [0, 0.1) is 13.8 Å². The molecule has 0 saturated carbocycles. The number of nitrogens with one attached hydrogen (secondary N) is 1. The molecule has 1 aromatic heterocycles. The van der Waals surface area contributed by atoms with Crippen LogP contribution in [0.2, 0.25) is 0 Å². The SMILES string of the molecule is C=C(C(=O)O)/C(=C\C=C(/C)OC)NC(C)c1cc(C)cc2c(=O)c(C)c(-c3ccccc3)oc12.CC. The molecule has 2 aromatic carbocycles. The first-order chi connectivity index (χ1) is 17.1. The van der Waals surface area contributed by atoms with Gasteiger partial charge in [0.2, 0.25) is 0 Å². The van der Waals surface area contributed by atoms with E-state index in [1.165, 1.54) is 7.11 Å². The Kier molecular flexibility index (Phi) is 9.85. The molecule has 0 spiro atoms. The monoisotopic (exact) mass is 489 g/mol. The molecule has 0 bridgehead atoms. The number of aryl methyl sites for hydroxylation is 1. The highest BCUT2D eigenvalue weighted by atomic mass is 16.5. The predicted octanol–water partition coefficient (Wildman–Crippen LogP) is 6.83. The second-order valence-corrected chi connectivity index (χ2v) is 8.19. The van der Waals surface area contributed by atoms with Crippen molar-refractivity contribution in [2.75, 3.05) is 7.11 Å². The maximum absolute atomic E-state index is 13.3. The van der Waals surface area contributed by atoms with Crippen molar-refractivity contribution < 1.29 is 19.1 Å². The zero-order valence-corrected chi connectivity index (χ0v) is 22.1. The number of benzene rings is 2. The largest absolute Gasteiger partial charge is 0.501 e. The van der Waals surface area contributed by atoms with Gasteiger partial charge in [0.15, 0.2) is 5.43 Å². The number of carboxylic acid groups (broad SMARTS) is 1. The smallest absolute Gasteiger partial charge is 0.337 e. The van der Waals surface area contributed by atoms with Gasteiger partial charge in [-0.1, -0.05) is 56.8 Å². The van der Waals surface area contributed by atoms with Crippen LogP contribution in [0.15, 0.2) is 87.4 Å². The summed E-state index contributed by atoms with van der Waals surface area (Å²) in [6.07, 6.45) is 3.27. The number of fused-ring (bicyclic) bond motifs is 1. The molecule has 1 heterocycles. The molecule has 3 aromatic rings. The van der Waals surface area contributed by atoms with Crippen molar-refractivity contribution in [3.63, 3.8) is 0 Å². The number of carboxylic acids is 1. The molecule has 0 saturated heterocycles. The standard InChI is InChI=1S/C28H29NO5.C2H6/c1-16-14-22(20(5)29-24(18(3)28(31)32)13-12-17(2)33-6)27-23(15-16)25(30)19(4)26(34-27)21-10-8-7-9-11-21;1-2/h7-15,20,29H,3H2,1-2,4-6H3,(H,31,32);1-2H3/b17-12+,24-13+;. The molecule has 190 valence electrons. The van der Waals surface area contributed by atoms with Crippen molar-refractivity contribution in [2.24, 2.45) is 0 Å². The third-order valence-electron chi connectivity index (χ3n) is 5.66. The minimum atomic E-state index is -1.14. The minimum absolute atomic E-state index is 0.0915. The van der Waals surface area contributed by atoms with Crippen molar-refractivity contribution in [3.8, 4) is 11.3 Å². The number of rotatable bonds is 8. The predicted molar refractivity (Wildman–Crippen MR) is 146 cm³/mol. The van der Waals surface area contributed by atoms with Gasteiger partial charge in [-0.25, -0.2) is 4.79 Å². The van der Waals surface area contributed by atoms with E-state index in [4.69, 9.17) is 9.15 Å². The highest BCUT2D eigenvalue weighted by Gasteiger charge is 2.20. The number of hydrogen-bond acceptors (Lipinski definition) is 5. The first-order valence-corrected chi connectivity index (χ1v) is 11.9. The lowest BCUT2D eigenvalue weighted by atomic mass is 9.98. The first-order valence-electron chi connectivity index (χ1n) is 11.9. The number of hydrogen-bond donors (Lipinski definition) is 2. The molecular formula is C30H35NO5. The maximum atomic E-state index is 13.3. The number of methoxy groups -OCH3 is 1. The van der Waals surface area contributed by atoms with E-state index in [1.807, 2.05) is 70.2 Å². The quantitative estimate of drug-likeness (QED) is 0.205. The fourth-order valence-corrected chi connectivity index (χ4v) is 3.68. The summed E-state index contributed by atoms with van der Waals surface area (Å²) in [5, 5.41) is 13.2. The van der Waals surface area contributed by atoms with E-state index in [-0.39, 0.29) is 11.0 Å². The molecule has 3 rings (SSSR count). The highest BCUT2D eigenvalue weighted by molar-refractivity contribution is 5.91. The molecule has 0 aliphatic rings. The van der Waals surface area contributed by atoms with Gasteiger partial charge in [-0.3, -0.25) is 4.79 Å². The topological polar surface area (TPSA) is 88.8 Å². The lowest BCUT2D eigenvalue weighted by Crippen LogP contribution is -2.22. The Morgan fingerprint density at radius 3 is 2.36 bits per heavy atom. The summed E-state index contributed by atoms with van der Waals surface area (Å²) in [5.74, 6) is -0.0167. The van der Waals surface area contributed by atoms with Crippen LogP contribution < -0.4 is 10.7 Å². The van der Waals surface area contributed by atoms with Crippen molar-refractivity contribution in [1.82, 2.24) is 5.32 Å². The molecule has 1 unspecified atom stereocenters. The van der Waals surface area contributed by atoms with Crippen LogP contribution in [0.25, 0.3) is 22.3 Å². The van der Waals surface area contributed by atoms with Gasteiger partial charge in [0.25, 0.3) is 0 Å². The summed E-state index contributed by atoms with van der Waals surface area (Å²) in [6, 6.07) is 12.8. The zero-order chi connectivity index (χ0) is 27.0. The number of aliphatic carboxylic acids is 1. The van der Waals surface area contributed by atoms with E-state index in [2.05, 4.69) is 11.9 Å². The molecule has 0 fully saturated rings. The molecule has 6 heteroatoms. The Morgan fingerprint density at radius 2 is 1.78 bits per heavy atom. The van der Waals surface area contributed by atoms with Gasteiger partial charge < -0.3 is 19.6 Å². The summed E-state index contributed by atoms with van der Waals surface area (Å²) < 4.78 is 11.5. The second kappa shape index (κ2) is 12.6. The summed E-state index contributed by atoms with van der Waals surface area (Å²) in [5.41, 5.74) is 3.58. The van der Waals surface area contributed by atoms with Gasteiger partial charge in [-0.2, -0.15) is 0 Å². The van der Waals surface area contributed by atoms with E-state index >= 15 is 0 Å². The van der Waals surface area contributed by atoms with Crippen LogP contribution in [0.1, 0.15) is 50.4 Å². The Balaban J connectivity index is 0.00000222. The van der Waals surface area contributed by atoms with Crippen LogP contribution in [-0.2, 0) is 9.53 Å². The van der Waals surface area contributed by atoms with Crippen LogP contribution in [0.4, 0.5) is 0 Å². The van der Waals surface area contributed by atoms with Crippen molar-refractivity contribution in [1.29, 1.82) is 0 Å². The third-order valence-corrected chi connectivity index (χ3v) is 5.66. The van der Waals surface area contributed by atoms with Gasteiger partial charge in [0.1, 0.15) is 11.3 Å². The summed E-state index contributed by atoms with van der Waals surface area (Å²) in [7, 11) is 1.54. The molecule has 2 N–H and O–H groups in total. The van der Waals surface area contributed by atoms with Crippen LogP contribution in [0.5, 0.6) is 0 Å². The minimum Gasteiger partial charge on any atom is -0.501 e. The Hall–Kier alpha value is -4.06. The fourth-order valence-electron chi connectivity index (χ4n) is 3.68. The van der Waals surface area contributed by atoms with Crippen LogP contribution in [0.3, 0.4) is 0 Å². The second-order valence-electron chi connectivity index (χ2n) is 8.19. The molecule has 0 aliphatic carbocycles. The average Bonchev–Trinajstić information content (AvgIpc) is 2.89. The third kappa shape index (κ3) is 6.33. The van der Waals surface area contributed by atoms with Gasteiger partial charge in [0.05, 0.1) is 29.9 Å². The Bertz CT molecular complexity index is 1360. The first kappa shape index (κ1) is 28.2. The van der Waals surface area contributed by atoms with Gasteiger partial charge in [-0.05, 0) is 51.5 Å². The van der Waals surface area contributed by atoms with Crippen LogP contribution in [-0.4, -0.2) is 18.2 Å². The van der Waals surface area contributed by atoms with Crippen LogP contribution >= 0.6 is 0 Å². The van der Waals surface area contributed by atoms with E-state index in [0.717, 1.165) is 16.7 Å². The molecule has 1 atom stereocenters. The Morgan fingerprint density at radius 1 is 1.14 bits per heavy atom. The van der Waals surface area contributed by atoms with E-state index in [0.29, 0.717) is 33.7 Å². The summed E-state index contributed by atoms with van der Waals surface area (Å²) in [4.78, 5) is 24.9. The number of carbonyl (C=O) groups is 1. The molecule has 0 radical (unpaired) electrons. The van der Waals surface area contributed by atoms with Crippen molar-refractivity contribution in [2.45, 2.75) is 47.6 Å². The molecule has 0 aliphatic heterocycles. The molecular weight excluding hydrogens is 454 g/mol. The summed E-state index contributed by atoms with van der Waals surface area (Å²) >= 11 is 0. The molecule has 0 amide bonds. The van der Waals surface area contributed by atoms with Gasteiger partial charge in [0, 0.05) is 22.4 Å². The Labute approximate surface area is 212 Å². The van der Waals surface area contributed by atoms with Crippen molar-refractivity contribution >= 4 is 16.9 Å².